The van der Waals surface area contributed by atoms with Gasteiger partial charge in [-0.1, -0.05) is 30.3 Å². The van der Waals surface area contributed by atoms with Crippen molar-refractivity contribution in [1.29, 1.82) is 0 Å². The molecule has 0 aromatic heterocycles. The van der Waals surface area contributed by atoms with Crippen LogP contribution in [0, 0.1) is 0 Å². The highest BCUT2D eigenvalue weighted by molar-refractivity contribution is 5.98. The maximum absolute atomic E-state index is 12.4. The first-order valence-corrected chi connectivity index (χ1v) is 8.38. The van der Waals surface area contributed by atoms with Crippen LogP contribution < -0.4 is 19.9 Å². The fourth-order valence-corrected chi connectivity index (χ4v) is 3.25. The van der Waals surface area contributed by atoms with Crippen molar-refractivity contribution in [2.24, 2.45) is 0 Å². The van der Waals surface area contributed by atoms with Crippen LogP contribution in [0.5, 0.6) is 5.75 Å². The third-order valence-corrected chi connectivity index (χ3v) is 4.55. The first-order valence-electron chi connectivity index (χ1n) is 8.38. The van der Waals surface area contributed by atoms with Crippen molar-refractivity contribution in [2.45, 2.75) is 6.54 Å². The number of carbonyl (C=O) groups excluding carboxylic acids is 1. The van der Waals surface area contributed by atoms with E-state index in [0.29, 0.717) is 6.54 Å². The Morgan fingerprint density at radius 1 is 1.04 bits per heavy atom. The van der Waals surface area contributed by atoms with Crippen molar-refractivity contribution in [2.75, 3.05) is 42.6 Å². The zero-order valence-corrected chi connectivity index (χ0v) is 13.6. The number of rotatable bonds is 3. The van der Waals surface area contributed by atoms with E-state index in [4.69, 9.17) is 4.74 Å². The molecule has 2 aromatic carbocycles. The number of hydrogen-bond donors (Lipinski definition) is 1. The molecule has 0 atom stereocenters. The zero-order valence-electron chi connectivity index (χ0n) is 13.6. The number of ether oxygens (including phenoxy) is 1. The highest BCUT2D eigenvalue weighted by atomic mass is 16.5. The van der Waals surface area contributed by atoms with Crippen molar-refractivity contribution < 1.29 is 9.53 Å². The second kappa shape index (κ2) is 6.53. The highest BCUT2D eigenvalue weighted by Gasteiger charge is 2.26. The van der Waals surface area contributed by atoms with E-state index in [9.17, 15) is 4.79 Å². The van der Waals surface area contributed by atoms with E-state index < -0.39 is 0 Å². The summed E-state index contributed by atoms with van der Waals surface area (Å²) in [6.45, 7) is 4.60. The summed E-state index contributed by atoms with van der Waals surface area (Å²) < 4.78 is 5.62. The Hall–Kier alpha value is -2.53. The fraction of sp³-hybridized carbons (Fsp3) is 0.316. The molecule has 0 radical (unpaired) electrons. The largest absolute Gasteiger partial charge is 0.482 e. The summed E-state index contributed by atoms with van der Waals surface area (Å²) >= 11 is 0. The predicted molar refractivity (Wildman–Crippen MR) is 94.7 cm³/mol. The summed E-state index contributed by atoms with van der Waals surface area (Å²) in [6.07, 6.45) is 0. The van der Waals surface area contributed by atoms with E-state index in [-0.39, 0.29) is 12.5 Å². The number of piperazine rings is 1. The third-order valence-electron chi connectivity index (χ3n) is 4.55. The van der Waals surface area contributed by atoms with Gasteiger partial charge in [0.1, 0.15) is 5.75 Å². The summed E-state index contributed by atoms with van der Waals surface area (Å²) in [4.78, 5) is 16.6. The number of carbonyl (C=O) groups is 1. The molecule has 2 aliphatic heterocycles. The second-order valence-corrected chi connectivity index (χ2v) is 6.14. The molecule has 1 saturated heterocycles. The first-order chi connectivity index (χ1) is 11.8. The van der Waals surface area contributed by atoms with Gasteiger partial charge in [-0.15, -0.1) is 0 Å². The second-order valence-electron chi connectivity index (χ2n) is 6.14. The average molecular weight is 323 g/mol. The molecule has 0 aliphatic carbocycles. The first kappa shape index (κ1) is 15.0. The van der Waals surface area contributed by atoms with Crippen LogP contribution in [-0.4, -0.2) is 38.7 Å². The number of fused-ring (bicyclic) bond motifs is 1. The Morgan fingerprint density at radius 2 is 1.83 bits per heavy atom. The molecule has 24 heavy (non-hydrogen) atoms. The standard InChI is InChI=1S/C19H21N3O2/c23-19-14-24-18-7-6-16(21-10-8-20-9-11-21)12-17(18)22(19)13-15-4-2-1-3-5-15/h1-7,12,20H,8-11,13-14H2. The molecule has 124 valence electrons. The molecule has 0 spiro atoms. The molecule has 2 aliphatic rings. The highest BCUT2D eigenvalue weighted by Crippen LogP contribution is 2.36. The molecule has 0 bridgehead atoms. The van der Waals surface area contributed by atoms with Crippen LogP contribution in [0.2, 0.25) is 0 Å². The topological polar surface area (TPSA) is 44.8 Å². The van der Waals surface area contributed by atoms with Gasteiger partial charge in [0, 0.05) is 31.9 Å². The van der Waals surface area contributed by atoms with E-state index in [0.717, 1.165) is 48.9 Å². The van der Waals surface area contributed by atoms with Gasteiger partial charge >= 0.3 is 0 Å². The minimum Gasteiger partial charge on any atom is -0.482 e. The molecule has 2 heterocycles. The summed E-state index contributed by atoms with van der Waals surface area (Å²) in [5, 5.41) is 3.36. The lowest BCUT2D eigenvalue weighted by atomic mass is 10.1. The van der Waals surface area contributed by atoms with Gasteiger partial charge in [-0.05, 0) is 23.8 Å². The van der Waals surface area contributed by atoms with E-state index in [1.54, 1.807) is 0 Å². The number of benzene rings is 2. The van der Waals surface area contributed by atoms with Gasteiger partial charge in [-0.2, -0.15) is 0 Å². The minimum atomic E-state index is 0.00353. The van der Waals surface area contributed by atoms with Gasteiger partial charge in [0.05, 0.1) is 12.2 Å². The number of nitrogens with one attached hydrogen (secondary N) is 1. The van der Waals surface area contributed by atoms with Crippen molar-refractivity contribution in [3.05, 3.63) is 54.1 Å². The molecule has 5 nitrogen and oxygen atoms in total. The van der Waals surface area contributed by atoms with Crippen molar-refractivity contribution in [1.82, 2.24) is 5.32 Å². The number of amides is 1. The molecule has 0 saturated carbocycles. The van der Waals surface area contributed by atoms with Gasteiger partial charge < -0.3 is 19.9 Å². The lowest BCUT2D eigenvalue weighted by Gasteiger charge is -2.33. The Morgan fingerprint density at radius 3 is 2.62 bits per heavy atom. The molecule has 0 unspecified atom stereocenters. The van der Waals surface area contributed by atoms with E-state index in [1.165, 1.54) is 0 Å². The third kappa shape index (κ3) is 2.95. The average Bonchev–Trinajstić information content (AvgIpc) is 2.65. The van der Waals surface area contributed by atoms with Crippen LogP contribution in [-0.2, 0) is 11.3 Å². The Balaban J connectivity index is 1.65. The summed E-state index contributed by atoms with van der Waals surface area (Å²) in [5.74, 6) is 0.785. The van der Waals surface area contributed by atoms with Crippen LogP contribution in [0.15, 0.2) is 48.5 Å². The SMILES string of the molecule is O=C1COc2ccc(N3CCNCC3)cc2N1Cc1ccccc1. The Kier molecular flexibility index (Phi) is 4.09. The Bertz CT molecular complexity index is 727. The maximum atomic E-state index is 12.4. The van der Waals surface area contributed by atoms with E-state index in [2.05, 4.69) is 22.3 Å². The summed E-state index contributed by atoms with van der Waals surface area (Å²) in [6, 6.07) is 16.2. The van der Waals surface area contributed by atoms with Gasteiger partial charge in [-0.25, -0.2) is 0 Å². The van der Waals surface area contributed by atoms with Crippen LogP contribution in [0.1, 0.15) is 5.56 Å². The van der Waals surface area contributed by atoms with Crippen LogP contribution >= 0.6 is 0 Å². The quantitative estimate of drug-likeness (QED) is 0.939. The predicted octanol–water partition coefficient (Wildman–Crippen LogP) is 2.02. The molecule has 2 aromatic rings. The van der Waals surface area contributed by atoms with Crippen molar-refractivity contribution in [3.63, 3.8) is 0 Å². The molecule has 1 N–H and O–H groups in total. The fourth-order valence-electron chi connectivity index (χ4n) is 3.25. The number of nitrogens with zero attached hydrogens (tertiary/aromatic N) is 2. The zero-order chi connectivity index (χ0) is 16.4. The van der Waals surface area contributed by atoms with Crippen LogP contribution in [0.3, 0.4) is 0 Å². The molecule has 5 heteroatoms. The summed E-state index contributed by atoms with van der Waals surface area (Å²) in [7, 11) is 0. The molecule has 1 fully saturated rings. The van der Waals surface area contributed by atoms with Crippen LogP contribution in [0.4, 0.5) is 11.4 Å². The van der Waals surface area contributed by atoms with E-state index in [1.807, 2.05) is 41.3 Å². The molecular formula is C19H21N3O2. The van der Waals surface area contributed by atoms with Gasteiger partial charge in [0.2, 0.25) is 0 Å². The van der Waals surface area contributed by atoms with Gasteiger partial charge in [-0.3, -0.25) is 4.79 Å². The van der Waals surface area contributed by atoms with E-state index >= 15 is 0 Å². The lowest BCUT2D eigenvalue weighted by Crippen LogP contribution is -2.44. The normalized spacial score (nSPS) is 17.4. The van der Waals surface area contributed by atoms with Crippen molar-refractivity contribution in [3.8, 4) is 5.75 Å². The molecule has 1 amide bonds. The molecular weight excluding hydrogens is 302 g/mol. The van der Waals surface area contributed by atoms with Crippen LogP contribution in [0.25, 0.3) is 0 Å². The maximum Gasteiger partial charge on any atom is 0.265 e. The van der Waals surface area contributed by atoms with Gasteiger partial charge in [0.25, 0.3) is 5.91 Å². The summed E-state index contributed by atoms with van der Waals surface area (Å²) in [5.41, 5.74) is 3.13. The number of anilines is 2. The number of hydrogen-bond acceptors (Lipinski definition) is 4. The molecule has 4 rings (SSSR count). The smallest absolute Gasteiger partial charge is 0.265 e. The minimum absolute atomic E-state index is 0.00353. The monoisotopic (exact) mass is 323 g/mol. The van der Waals surface area contributed by atoms with Crippen molar-refractivity contribution >= 4 is 17.3 Å². The Labute approximate surface area is 141 Å². The lowest BCUT2D eigenvalue weighted by molar-refractivity contribution is -0.121. The van der Waals surface area contributed by atoms with Gasteiger partial charge in [0.15, 0.2) is 6.61 Å².